The van der Waals surface area contributed by atoms with Crippen molar-refractivity contribution in [2.45, 2.75) is 97.4 Å². The van der Waals surface area contributed by atoms with Crippen LogP contribution in [-0.2, 0) is 0 Å². The third kappa shape index (κ3) is 5.23. The van der Waals surface area contributed by atoms with E-state index < -0.39 is 31.1 Å². The number of rotatable bonds is 2. The first-order valence-electron chi connectivity index (χ1n) is 8.25. The van der Waals surface area contributed by atoms with E-state index in [2.05, 4.69) is 98.5 Å². The van der Waals surface area contributed by atoms with Crippen molar-refractivity contribution >= 4 is 31.1 Å². The molecule has 0 saturated heterocycles. The maximum atomic E-state index is 3.99. The normalized spacial score (nSPS) is 15.0. The van der Waals surface area contributed by atoms with Crippen LogP contribution < -0.4 is 0 Å². The lowest BCUT2D eigenvalue weighted by molar-refractivity contribution is 0.727. The Morgan fingerprint density at radius 1 is 0.619 bits per heavy atom. The molecule has 0 nitrogen and oxygen atoms in total. The van der Waals surface area contributed by atoms with E-state index >= 15 is 0 Å². The first-order valence-corrected chi connectivity index (χ1v) is 21.2. The summed E-state index contributed by atoms with van der Waals surface area (Å²) in [5.41, 5.74) is 7.77. The molecule has 0 aliphatic heterocycles. The van der Waals surface area contributed by atoms with Crippen molar-refractivity contribution in [3.05, 3.63) is 0 Å². The topological polar surface area (TPSA) is 0 Å². The molecule has 0 spiro atoms. The highest BCUT2D eigenvalue weighted by atomic mass is 29.6. The predicted molar refractivity (Wildman–Crippen MR) is 111 cm³/mol. The fraction of sp³-hybridized carbons (Fsp3) is 0.882. The molecule has 0 aliphatic rings. The van der Waals surface area contributed by atoms with Crippen molar-refractivity contribution < 1.29 is 0 Å². The van der Waals surface area contributed by atoms with Crippen molar-refractivity contribution in [1.82, 2.24) is 0 Å². The molecule has 0 fully saturated rings. The maximum absolute atomic E-state index is 3.99. The summed E-state index contributed by atoms with van der Waals surface area (Å²) < 4.78 is 0. The Hall–Kier alpha value is 0.428. The van der Waals surface area contributed by atoms with Gasteiger partial charge in [0.25, 0.3) is 0 Å². The highest BCUT2D eigenvalue weighted by molar-refractivity contribution is 7.64. The molecule has 0 heterocycles. The molecule has 0 N–H and O–H groups in total. The van der Waals surface area contributed by atoms with E-state index in [-0.39, 0.29) is 0 Å². The van der Waals surface area contributed by atoms with E-state index in [0.717, 1.165) is 0 Å². The molecule has 0 saturated carbocycles. The Bertz CT molecular complexity index is 391. The fourth-order valence-electron chi connectivity index (χ4n) is 2.09. The van der Waals surface area contributed by atoms with Crippen LogP contribution in [0.15, 0.2) is 0 Å². The van der Waals surface area contributed by atoms with Gasteiger partial charge in [0, 0.05) is 0 Å². The minimum absolute atomic E-state index is 0.449. The van der Waals surface area contributed by atoms with Crippen LogP contribution in [0.4, 0.5) is 0 Å². The first kappa shape index (κ1) is 21.4. The summed E-state index contributed by atoms with van der Waals surface area (Å²) in [4.78, 5) is 0. The molecular weight excluding hydrogens is 317 g/mol. The molecule has 1 radical (unpaired) electrons. The molecule has 0 aromatic carbocycles. The molecule has 0 amide bonds. The third-order valence-electron chi connectivity index (χ3n) is 5.56. The van der Waals surface area contributed by atoms with Crippen LogP contribution in [0.5, 0.6) is 0 Å². The smallest absolute Gasteiger partial charge is 0.128 e. The van der Waals surface area contributed by atoms with Gasteiger partial charge in [-0.3, -0.25) is 0 Å². The Morgan fingerprint density at radius 2 is 0.905 bits per heavy atom. The van der Waals surface area contributed by atoms with Crippen LogP contribution in [0, 0.1) is 11.1 Å². The summed E-state index contributed by atoms with van der Waals surface area (Å²) >= 11 is 0. The summed E-state index contributed by atoms with van der Waals surface area (Å²) in [5.74, 6) is 0. The zero-order valence-corrected chi connectivity index (χ0v) is 21.0. The van der Waals surface area contributed by atoms with Crippen LogP contribution >= 0.6 is 0 Å². The van der Waals surface area contributed by atoms with Gasteiger partial charge in [-0.05, 0) is 10.1 Å². The number of hydrogen-bond donors (Lipinski definition) is 0. The van der Waals surface area contributed by atoms with E-state index in [1.807, 2.05) is 0 Å². The quantitative estimate of drug-likeness (QED) is 0.416. The molecule has 0 atom stereocenters. The lowest BCUT2D eigenvalue weighted by atomic mass is 10.2. The molecule has 0 aliphatic carbocycles. The minimum Gasteiger partial charge on any atom is -0.147 e. The van der Waals surface area contributed by atoms with Crippen molar-refractivity contribution in [2.75, 3.05) is 0 Å². The average Bonchev–Trinajstić information content (AvgIpc) is 2.10. The number of hydrogen-bond acceptors (Lipinski definition) is 0. The van der Waals surface area contributed by atoms with E-state index in [1.165, 1.54) is 0 Å². The van der Waals surface area contributed by atoms with Crippen LogP contribution in [-0.4, -0.2) is 31.1 Å². The van der Waals surface area contributed by atoms with Gasteiger partial charge in [-0.2, -0.15) is 0 Å². The Kier molecular flexibility index (Phi) is 6.27. The van der Waals surface area contributed by atoms with Crippen LogP contribution in [0.2, 0.25) is 55.9 Å². The van der Waals surface area contributed by atoms with E-state index in [4.69, 9.17) is 0 Å². The van der Waals surface area contributed by atoms with Crippen molar-refractivity contribution in [1.29, 1.82) is 0 Å². The van der Waals surface area contributed by atoms with Gasteiger partial charge in [0.1, 0.15) is 15.9 Å². The monoisotopic (exact) mass is 355 g/mol. The molecule has 0 unspecified atom stereocenters. The average molecular weight is 356 g/mol. The van der Waals surface area contributed by atoms with E-state index in [9.17, 15) is 0 Å². The fourth-order valence-corrected chi connectivity index (χ4v) is 40.8. The summed E-state index contributed by atoms with van der Waals surface area (Å²) in [6.45, 7) is 32.5. The highest BCUT2D eigenvalue weighted by Gasteiger charge is 2.54. The second-order valence-corrected chi connectivity index (χ2v) is 37.9. The Morgan fingerprint density at radius 3 is 1.10 bits per heavy atom. The van der Waals surface area contributed by atoms with Gasteiger partial charge >= 0.3 is 0 Å². The van der Waals surface area contributed by atoms with Gasteiger partial charge in [0.2, 0.25) is 0 Å². The van der Waals surface area contributed by atoms with E-state index in [0.29, 0.717) is 10.1 Å². The van der Waals surface area contributed by atoms with Crippen LogP contribution in [0.25, 0.3) is 0 Å². The van der Waals surface area contributed by atoms with Gasteiger partial charge in [-0.15, -0.1) is 11.1 Å². The van der Waals surface area contributed by atoms with Gasteiger partial charge < -0.3 is 0 Å². The van der Waals surface area contributed by atoms with Gasteiger partial charge in [0.05, 0.1) is 15.2 Å². The second-order valence-electron chi connectivity index (χ2n) is 10.6. The largest absolute Gasteiger partial charge is 0.147 e. The predicted octanol–water partition coefficient (Wildman–Crippen LogP) is 6.08. The summed E-state index contributed by atoms with van der Waals surface area (Å²) in [6.07, 6.45) is 0. The molecule has 0 aromatic heterocycles. The maximum Gasteiger partial charge on any atom is 0.128 e. The van der Waals surface area contributed by atoms with Crippen LogP contribution in [0.1, 0.15) is 41.5 Å². The van der Waals surface area contributed by atoms with Gasteiger partial charge in [-0.1, -0.05) is 87.4 Å². The van der Waals surface area contributed by atoms with Gasteiger partial charge in [-0.25, -0.2) is 0 Å². The molecular formula is C17H39Si4. The summed E-state index contributed by atoms with van der Waals surface area (Å²) in [7, 11) is -4.61. The van der Waals surface area contributed by atoms with Crippen molar-refractivity contribution in [3.8, 4) is 11.1 Å². The molecule has 21 heavy (non-hydrogen) atoms. The summed E-state index contributed by atoms with van der Waals surface area (Å²) in [5, 5.41) is 0.899. The van der Waals surface area contributed by atoms with Crippen molar-refractivity contribution in [2.24, 2.45) is 0 Å². The lowest BCUT2D eigenvalue weighted by Gasteiger charge is -2.50. The molecule has 4 heteroatoms. The van der Waals surface area contributed by atoms with Gasteiger partial charge in [0.15, 0.2) is 0 Å². The molecule has 0 aromatic rings. The SMILES string of the molecule is CC(C)(C)[Si](C)(C)[Si](C#C[Si](C)(C)C)[Si](C)(C)C(C)(C)C. The van der Waals surface area contributed by atoms with Crippen molar-refractivity contribution in [3.63, 3.8) is 0 Å². The molecule has 0 rings (SSSR count). The van der Waals surface area contributed by atoms with Crippen LogP contribution in [0.3, 0.4) is 0 Å². The third-order valence-corrected chi connectivity index (χ3v) is 41.1. The zero-order chi connectivity index (χ0) is 17.5. The first-order chi connectivity index (χ1) is 8.84. The zero-order valence-electron chi connectivity index (χ0n) is 17.0. The molecule has 0 bridgehead atoms. The molecule has 123 valence electrons. The Balaban J connectivity index is 6.12. The summed E-state index contributed by atoms with van der Waals surface area (Å²) in [6, 6.07) is 0. The standard InChI is InChI=1S/C17H39Si4/c1-16(2,3)20(10,11)18(14-15-19(7,8)9)21(12,13)17(4,5)6/h1-13H3. The highest BCUT2D eigenvalue weighted by Crippen LogP contribution is 2.45. The lowest BCUT2D eigenvalue weighted by Crippen LogP contribution is -2.67. The minimum atomic E-state index is -1.37. The second kappa shape index (κ2) is 6.14. The Labute approximate surface area is 139 Å². The van der Waals surface area contributed by atoms with E-state index in [1.54, 1.807) is 0 Å².